The Morgan fingerprint density at radius 3 is 2.86 bits per heavy atom. The molecule has 21 heavy (non-hydrogen) atoms. The molecular weight excluding hydrogens is 272 g/mol. The van der Waals surface area contributed by atoms with Crippen molar-refractivity contribution in [3.05, 3.63) is 36.4 Å². The monoisotopic (exact) mass is 284 g/mol. The lowest BCUT2D eigenvalue weighted by atomic mass is 10.2. The van der Waals surface area contributed by atoms with E-state index in [0.29, 0.717) is 11.8 Å². The van der Waals surface area contributed by atoms with Crippen molar-refractivity contribution < 1.29 is 9.53 Å². The Morgan fingerprint density at radius 1 is 1.29 bits per heavy atom. The summed E-state index contributed by atoms with van der Waals surface area (Å²) in [7, 11) is 3.01. The molecule has 1 aromatic carbocycles. The van der Waals surface area contributed by atoms with Crippen LogP contribution in [-0.4, -0.2) is 44.9 Å². The molecule has 0 radical (unpaired) electrons. The number of ether oxygens (including phenoxy) is 1. The summed E-state index contributed by atoms with van der Waals surface area (Å²) in [5, 5.41) is 7.79. The molecule has 0 saturated carbocycles. The van der Waals surface area contributed by atoms with Crippen molar-refractivity contribution in [3.8, 4) is 5.82 Å². The molecule has 0 bridgehead atoms. The van der Waals surface area contributed by atoms with E-state index in [1.807, 2.05) is 24.3 Å². The lowest BCUT2D eigenvalue weighted by Gasteiger charge is -2.07. The van der Waals surface area contributed by atoms with Gasteiger partial charge >= 0.3 is 5.97 Å². The third-order valence-corrected chi connectivity index (χ3v) is 2.88. The fourth-order valence-corrected chi connectivity index (χ4v) is 1.90. The largest absolute Gasteiger partial charge is 0.463 e. The molecule has 0 unspecified atom stereocenters. The molecule has 2 heterocycles. The first-order chi connectivity index (χ1) is 10.2. The molecule has 3 aromatic rings. The molecule has 3 rings (SSSR count). The highest BCUT2D eigenvalue weighted by molar-refractivity contribution is 5.87. The maximum atomic E-state index is 11.4. The molecule has 106 valence electrons. The number of aromatic nitrogens is 5. The Bertz CT molecular complexity index is 813. The minimum Gasteiger partial charge on any atom is -0.463 e. The Hall–Kier alpha value is -3.03. The quantitative estimate of drug-likeness (QED) is 0.718. The second-order valence-electron chi connectivity index (χ2n) is 4.14. The minimum absolute atomic E-state index is 0.0220. The van der Waals surface area contributed by atoms with Crippen molar-refractivity contribution in [2.45, 2.75) is 0 Å². The summed E-state index contributed by atoms with van der Waals surface area (Å²) in [6.45, 7) is 0. The first kappa shape index (κ1) is 13.0. The van der Waals surface area contributed by atoms with Gasteiger partial charge in [0.25, 0.3) is 5.82 Å². The van der Waals surface area contributed by atoms with Crippen LogP contribution in [0.4, 0.5) is 5.95 Å². The topological polar surface area (TPSA) is 94.8 Å². The third kappa shape index (κ3) is 2.27. The Morgan fingerprint density at radius 2 is 2.10 bits per heavy atom. The van der Waals surface area contributed by atoms with Gasteiger partial charge in [-0.05, 0) is 12.1 Å². The summed E-state index contributed by atoms with van der Waals surface area (Å²) < 4.78 is 6.02. The maximum Gasteiger partial charge on any atom is 0.377 e. The number of fused-ring (bicyclic) bond motifs is 1. The summed E-state index contributed by atoms with van der Waals surface area (Å²) in [6, 6.07) is 7.52. The van der Waals surface area contributed by atoms with Gasteiger partial charge in [-0.3, -0.25) is 0 Å². The van der Waals surface area contributed by atoms with E-state index in [9.17, 15) is 4.79 Å². The van der Waals surface area contributed by atoms with Gasteiger partial charge in [-0.15, -0.1) is 5.10 Å². The summed E-state index contributed by atoms with van der Waals surface area (Å²) in [6.07, 6.45) is 1.42. The van der Waals surface area contributed by atoms with Crippen molar-refractivity contribution in [3.63, 3.8) is 0 Å². The zero-order chi connectivity index (χ0) is 14.8. The van der Waals surface area contributed by atoms with Crippen LogP contribution in [0.3, 0.4) is 0 Å². The molecule has 0 atom stereocenters. The number of esters is 1. The van der Waals surface area contributed by atoms with Gasteiger partial charge in [0.2, 0.25) is 5.95 Å². The highest BCUT2D eigenvalue weighted by atomic mass is 16.5. The number of hydrogen-bond acceptors (Lipinski definition) is 7. The number of rotatable bonds is 3. The molecule has 2 aromatic heterocycles. The van der Waals surface area contributed by atoms with Gasteiger partial charge < -0.3 is 10.1 Å². The zero-order valence-corrected chi connectivity index (χ0v) is 11.4. The Labute approximate surface area is 119 Å². The Balaban J connectivity index is 2.19. The molecule has 0 amide bonds. The van der Waals surface area contributed by atoms with E-state index in [1.54, 1.807) is 7.05 Å². The third-order valence-electron chi connectivity index (χ3n) is 2.88. The average molecular weight is 284 g/mol. The summed E-state index contributed by atoms with van der Waals surface area (Å²) in [5.74, 6) is 0.374. The van der Waals surface area contributed by atoms with Crippen LogP contribution in [-0.2, 0) is 4.74 Å². The smallest absolute Gasteiger partial charge is 0.377 e. The van der Waals surface area contributed by atoms with E-state index in [4.69, 9.17) is 0 Å². The summed E-state index contributed by atoms with van der Waals surface area (Å²) in [5.41, 5.74) is 0.766. The van der Waals surface area contributed by atoms with Gasteiger partial charge in [0.05, 0.1) is 12.6 Å². The van der Waals surface area contributed by atoms with Crippen LogP contribution in [0.25, 0.3) is 16.7 Å². The summed E-state index contributed by atoms with van der Waals surface area (Å²) in [4.78, 5) is 24.1. The van der Waals surface area contributed by atoms with E-state index in [-0.39, 0.29) is 5.82 Å². The average Bonchev–Trinajstić information content (AvgIpc) is 3.02. The van der Waals surface area contributed by atoms with Crippen LogP contribution in [0.5, 0.6) is 0 Å². The van der Waals surface area contributed by atoms with Crippen LogP contribution < -0.4 is 5.32 Å². The number of hydrogen-bond donors (Lipinski definition) is 1. The van der Waals surface area contributed by atoms with Crippen LogP contribution in [0.1, 0.15) is 10.6 Å². The number of benzene rings is 1. The van der Waals surface area contributed by atoms with Gasteiger partial charge in [-0.1, -0.05) is 12.1 Å². The van der Waals surface area contributed by atoms with E-state index >= 15 is 0 Å². The van der Waals surface area contributed by atoms with Crippen LogP contribution in [0.2, 0.25) is 0 Å². The van der Waals surface area contributed by atoms with Gasteiger partial charge in [0, 0.05) is 12.4 Å². The fourth-order valence-electron chi connectivity index (χ4n) is 1.90. The molecule has 0 aliphatic rings. The Kier molecular flexibility index (Phi) is 3.19. The highest BCUT2D eigenvalue weighted by Crippen LogP contribution is 2.20. The standard InChI is InChI=1S/C13H12N6O2/c1-14-13-16-9-6-4-3-5-8(9)11(17-13)19-7-15-10(18-19)12(20)21-2/h3-7H,1-2H3,(H,14,16,17). The van der Waals surface area contributed by atoms with Gasteiger partial charge in [0.15, 0.2) is 5.82 Å². The predicted octanol–water partition coefficient (Wildman–Crippen LogP) is 1.04. The number of nitrogens with one attached hydrogen (secondary N) is 1. The molecule has 0 aliphatic carbocycles. The first-order valence-corrected chi connectivity index (χ1v) is 6.18. The lowest BCUT2D eigenvalue weighted by molar-refractivity contribution is 0.0587. The van der Waals surface area contributed by atoms with Crippen molar-refractivity contribution in [1.29, 1.82) is 0 Å². The van der Waals surface area contributed by atoms with E-state index in [2.05, 4.69) is 30.1 Å². The predicted molar refractivity (Wildman–Crippen MR) is 75.3 cm³/mol. The number of nitrogens with zero attached hydrogens (tertiary/aromatic N) is 5. The first-order valence-electron chi connectivity index (χ1n) is 6.18. The number of carbonyl (C=O) groups excluding carboxylic acids is 1. The van der Waals surface area contributed by atoms with Crippen LogP contribution in [0.15, 0.2) is 30.6 Å². The van der Waals surface area contributed by atoms with Gasteiger partial charge in [-0.2, -0.15) is 4.98 Å². The maximum absolute atomic E-state index is 11.4. The van der Waals surface area contributed by atoms with Crippen LogP contribution in [0, 0.1) is 0 Å². The van der Waals surface area contributed by atoms with Crippen molar-refractivity contribution in [2.24, 2.45) is 0 Å². The minimum atomic E-state index is -0.596. The van der Waals surface area contributed by atoms with Gasteiger partial charge in [0.1, 0.15) is 6.33 Å². The van der Waals surface area contributed by atoms with E-state index in [0.717, 1.165) is 10.9 Å². The van der Waals surface area contributed by atoms with Crippen molar-refractivity contribution in [1.82, 2.24) is 24.7 Å². The molecule has 0 spiro atoms. The normalized spacial score (nSPS) is 10.6. The lowest BCUT2D eigenvalue weighted by Crippen LogP contribution is -2.07. The van der Waals surface area contributed by atoms with E-state index < -0.39 is 5.97 Å². The molecule has 0 saturated heterocycles. The highest BCUT2D eigenvalue weighted by Gasteiger charge is 2.15. The fraction of sp³-hybridized carbons (Fsp3) is 0.154. The number of para-hydroxylation sites is 1. The zero-order valence-electron chi connectivity index (χ0n) is 11.4. The summed E-state index contributed by atoms with van der Waals surface area (Å²) >= 11 is 0. The number of carbonyl (C=O) groups is 1. The van der Waals surface area contributed by atoms with Crippen LogP contribution >= 0.6 is 0 Å². The van der Waals surface area contributed by atoms with Crippen molar-refractivity contribution >= 4 is 22.8 Å². The number of methoxy groups -OCH3 is 1. The SMILES string of the molecule is CNc1nc(-n2cnc(C(=O)OC)n2)c2ccccc2n1. The number of anilines is 1. The van der Waals surface area contributed by atoms with Crippen molar-refractivity contribution in [2.75, 3.05) is 19.5 Å². The molecule has 0 aliphatic heterocycles. The van der Waals surface area contributed by atoms with Gasteiger partial charge in [-0.25, -0.2) is 19.4 Å². The molecule has 8 heteroatoms. The molecular formula is C13H12N6O2. The molecule has 0 fully saturated rings. The second-order valence-corrected chi connectivity index (χ2v) is 4.14. The molecule has 1 N–H and O–H groups in total. The molecule has 8 nitrogen and oxygen atoms in total. The second kappa shape index (κ2) is 5.16. The van der Waals surface area contributed by atoms with E-state index in [1.165, 1.54) is 18.1 Å².